The van der Waals surface area contributed by atoms with Crippen LogP contribution in [0.4, 0.5) is 17.1 Å². The van der Waals surface area contributed by atoms with Crippen LogP contribution in [0.3, 0.4) is 0 Å². The summed E-state index contributed by atoms with van der Waals surface area (Å²) < 4.78 is 2.66. The summed E-state index contributed by atoms with van der Waals surface area (Å²) in [7, 11) is 0. The average Bonchev–Trinajstić information content (AvgIpc) is 3.77. The molecule has 1 nitrogen and oxygen atoms in total. The van der Waals surface area contributed by atoms with Gasteiger partial charge in [0.1, 0.15) is 0 Å². The van der Waals surface area contributed by atoms with Gasteiger partial charge in [-0.1, -0.05) is 212 Å². The predicted octanol–water partition coefficient (Wildman–Crippen LogP) is 18.2. The van der Waals surface area contributed by atoms with Crippen molar-refractivity contribution in [1.82, 2.24) is 0 Å². The Hall–Kier alpha value is -8.04. The highest BCUT2D eigenvalue weighted by Gasteiger charge is 2.19. The molecule has 0 radical (unpaired) electrons. The Bertz CT molecular complexity index is 3630. The van der Waals surface area contributed by atoms with Crippen LogP contribution >= 0.6 is 11.3 Å². The number of thiophene rings is 1. The van der Waals surface area contributed by atoms with Crippen molar-refractivity contribution in [2.24, 2.45) is 0 Å². The van der Waals surface area contributed by atoms with Crippen LogP contribution < -0.4 is 4.90 Å². The molecule has 1 aromatic heterocycles. The van der Waals surface area contributed by atoms with Crippen LogP contribution in [0, 0.1) is 0 Å². The number of hydrogen-bond acceptors (Lipinski definition) is 2. The van der Waals surface area contributed by atoms with Crippen LogP contribution in [0.1, 0.15) is 0 Å². The molecule has 12 rings (SSSR count). The molecule has 0 spiro atoms. The number of nitrogens with zero attached hydrogens (tertiary/aromatic N) is 1. The zero-order valence-electron chi connectivity index (χ0n) is 35.0. The first-order chi connectivity index (χ1) is 31.7. The van der Waals surface area contributed by atoms with Crippen LogP contribution in [0.15, 0.2) is 249 Å². The molecule has 0 aliphatic heterocycles. The Morgan fingerprint density at radius 2 is 0.656 bits per heavy atom. The Morgan fingerprint density at radius 1 is 0.250 bits per heavy atom. The van der Waals surface area contributed by atoms with Crippen molar-refractivity contribution in [2.45, 2.75) is 0 Å². The van der Waals surface area contributed by atoms with Gasteiger partial charge >= 0.3 is 0 Å². The third kappa shape index (κ3) is 6.73. The quantitative estimate of drug-likeness (QED) is 0.138. The second-order valence-corrected chi connectivity index (χ2v) is 17.5. The predicted molar refractivity (Wildman–Crippen MR) is 276 cm³/mol. The zero-order valence-corrected chi connectivity index (χ0v) is 35.8. The van der Waals surface area contributed by atoms with Gasteiger partial charge in [-0.3, -0.25) is 0 Å². The van der Waals surface area contributed by atoms with Gasteiger partial charge in [0, 0.05) is 36.9 Å². The van der Waals surface area contributed by atoms with Gasteiger partial charge in [-0.05, 0) is 108 Å². The van der Waals surface area contributed by atoms with E-state index in [1.807, 2.05) is 11.3 Å². The molecule has 0 saturated heterocycles. The van der Waals surface area contributed by atoms with Crippen molar-refractivity contribution >= 4 is 70.1 Å². The fourth-order valence-electron chi connectivity index (χ4n) is 9.50. The third-order valence-electron chi connectivity index (χ3n) is 12.7. The first-order valence-electron chi connectivity index (χ1n) is 21.9. The summed E-state index contributed by atoms with van der Waals surface area (Å²) in [6.07, 6.45) is 0. The largest absolute Gasteiger partial charge is 0.310 e. The lowest BCUT2D eigenvalue weighted by molar-refractivity contribution is 1.30. The van der Waals surface area contributed by atoms with Crippen molar-refractivity contribution in [3.8, 4) is 55.6 Å². The molecular weight excluding hydrogens is 791 g/mol. The SMILES string of the molecule is c1ccc(-c2ccc(N(c3ccc(-c4ccc(-c5cccc(-c6cccc7c6sc6c(-c8ccccc8)cccc67)c5)cc4)cc3)c3cc4ccccc4c4ccccc34)cc2)cc1. The molecule has 0 atom stereocenters. The maximum Gasteiger partial charge on any atom is 0.0546 e. The van der Waals surface area contributed by atoms with Gasteiger partial charge in [-0.2, -0.15) is 0 Å². The minimum atomic E-state index is 1.11. The first kappa shape index (κ1) is 37.7. The molecule has 64 heavy (non-hydrogen) atoms. The fraction of sp³-hybridized carbons (Fsp3) is 0. The van der Waals surface area contributed by atoms with Crippen molar-refractivity contribution in [3.05, 3.63) is 249 Å². The number of fused-ring (bicyclic) bond motifs is 6. The van der Waals surface area contributed by atoms with E-state index in [0.29, 0.717) is 0 Å². The molecule has 0 aliphatic carbocycles. The highest BCUT2D eigenvalue weighted by Crippen LogP contribution is 2.45. The molecule has 1 heterocycles. The molecule has 0 amide bonds. The first-order valence-corrected chi connectivity index (χ1v) is 22.7. The summed E-state index contributed by atoms with van der Waals surface area (Å²) in [5.74, 6) is 0. The Balaban J connectivity index is 0.877. The van der Waals surface area contributed by atoms with E-state index < -0.39 is 0 Å². The lowest BCUT2D eigenvalue weighted by Gasteiger charge is -2.28. The third-order valence-corrected chi connectivity index (χ3v) is 14.0. The molecule has 0 bridgehead atoms. The van der Waals surface area contributed by atoms with Gasteiger partial charge in [0.2, 0.25) is 0 Å². The van der Waals surface area contributed by atoms with Gasteiger partial charge in [-0.15, -0.1) is 11.3 Å². The summed E-state index contributed by atoms with van der Waals surface area (Å²) >= 11 is 1.90. The minimum absolute atomic E-state index is 1.11. The van der Waals surface area contributed by atoms with Crippen molar-refractivity contribution in [1.29, 1.82) is 0 Å². The van der Waals surface area contributed by atoms with Crippen LogP contribution in [-0.2, 0) is 0 Å². The van der Waals surface area contributed by atoms with Crippen LogP contribution in [0.25, 0.3) is 97.4 Å². The van der Waals surface area contributed by atoms with Crippen molar-refractivity contribution in [2.75, 3.05) is 4.90 Å². The Morgan fingerprint density at radius 3 is 1.27 bits per heavy atom. The van der Waals surface area contributed by atoms with Crippen molar-refractivity contribution < 1.29 is 0 Å². The van der Waals surface area contributed by atoms with E-state index in [4.69, 9.17) is 0 Å². The molecule has 11 aromatic carbocycles. The lowest BCUT2D eigenvalue weighted by atomic mass is 9.96. The molecule has 0 N–H and O–H groups in total. The number of rotatable bonds is 8. The molecule has 300 valence electrons. The second kappa shape index (κ2) is 16.0. The molecule has 0 unspecified atom stereocenters. The van der Waals surface area contributed by atoms with Crippen LogP contribution in [0.5, 0.6) is 0 Å². The van der Waals surface area contributed by atoms with Gasteiger partial charge in [-0.25, -0.2) is 0 Å². The summed E-state index contributed by atoms with van der Waals surface area (Å²) in [4.78, 5) is 2.41. The van der Waals surface area contributed by atoms with E-state index in [1.165, 1.54) is 97.4 Å². The lowest BCUT2D eigenvalue weighted by Crippen LogP contribution is -2.10. The van der Waals surface area contributed by atoms with E-state index >= 15 is 0 Å². The smallest absolute Gasteiger partial charge is 0.0546 e. The van der Waals surface area contributed by atoms with E-state index in [1.54, 1.807) is 0 Å². The standard InChI is InChI=1S/C62H41NS/c1-3-14-42(15-4-1)44-32-36-51(37-33-44)63(60-41-50-18-7-8-21-53(50)56-22-9-10-23-57(56)60)52-38-34-45(35-39-52)43-28-30-46(31-29-43)48-19-11-20-49(40-48)55-25-13-27-59-58-26-12-24-54(61(58)64-62(55)59)47-16-5-2-6-17-47/h1-41H. The highest BCUT2D eigenvalue weighted by atomic mass is 32.1. The van der Waals surface area contributed by atoms with Gasteiger partial charge in [0.15, 0.2) is 0 Å². The normalized spacial score (nSPS) is 11.4. The average molecular weight is 832 g/mol. The second-order valence-electron chi connectivity index (χ2n) is 16.4. The highest BCUT2D eigenvalue weighted by molar-refractivity contribution is 7.26. The Kier molecular flexibility index (Phi) is 9.43. The molecular formula is C62H41NS. The summed E-state index contributed by atoms with van der Waals surface area (Å²) in [5.41, 5.74) is 15.6. The van der Waals surface area contributed by atoms with Gasteiger partial charge in [0.25, 0.3) is 0 Å². The number of anilines is 3. The minimum Gasteiger partial charge on any atom is -0.310 e. The van der Waals surface area contributed by atoms with Crippen molar-refractivity contribution in [3.63, 3.8) is 0 Å². The van der Waals surface area contributed by atoms with Gasteiger partial charge in [0.05, 0.1) is 5.69 Å². The fourth-order valence-corrected chi connectivity index (χ4v) is 10.9. The molecule has 12 aromatic rings. The van der Waals surface area contributed by atoms with E-state index in [-0.39, 0.29) is 0 Å². The topological polar surface area (TPSA) is 3.24 Å². The maximum absolute atomic E-state index is 2.41. The number of hydrogen-bond donors (Lipinski definition) is 0. The van der Waals surface area contributed by atoms with E-state index in [0.717, 1.165) is 17.1 Å². The molecule has 0 fully saturated rings. The molecule has 0 aliphatic rings. The molecule has 2 heteroatoms. The van der Waals surface area contributed by atoms with Crippen LogP contribution in [0.2, 0.25) is 0 Å². The molecule has 0 saturated carbocycles. The van der Waals surface area contributed by atoms with E-state index in [2.05, 4.69) is 254 Å². The summed E-state index contributed by atoms with van der Waals surface area (Å²) in [5, 5.41) is 7.58. The Labute approximate surface area is 377 Å². The summed E-state index contributed by atoms with van der Waals surface area (Å²) in [6, 6.07) is 90.7. The number of benzene rings is 11. The zero-order chi connectivity index (χ0) is 42.4. The van der Waals surface area contributed by atoms with Crippen LogP contribution in [-0.4, -0.2) is 0 Å². The summed E-state index contributed by atoms with van der Waals surface area (Å²) in [6.45, 7) is 0. The maximum atomic E-state index is 2.41. The monoisotopic (exact) mass is 831 g/mol. The van der Waals surface area contributed by atoms with E-state index in [9.17, 15) is 0 Å². The van der Waals surface area contributed by atoms with Gasteiger partial charge < -0.3 is 4.90 Å².